The number of hydrogen-bond donors (Lipinski definition) is 0. The van der Waals surface area contributed by atoms with Crippen LogP contribution in [0, 0.1) is 0 Å². The molecule has 1 aromatic rings. The fourth-order valence-corrected chi connectivity index (χ4v) is 1.02. The van der Waals surface area contributed by atoms with E-state index >= 15 is 0 Å². The molecule has 14 heavy (non-hydrogen) atoms. The molecule has 1 amide bonds. The van der Waals surface area contributed by atoms with Crippen molar-refractivity contribution in [3.63, 3.8) is 0 Å². The summed E-state index contributed by atoms with van der Waals surface area (Å²) in [4.78, 5) is 16.6. The van der Waals surface area contributed by atoms with Crippen molar-refractivity contribution in [3.8, 4) is 0 Å². The van der Waals surface area contributed by atoms with Crippen LogP contribution in [0.2, 0.25) is 5.02 Å². The summed E-state index contributed by atoms with van der Waals surface area (Å²) in [5, 5.41) is 0.560. The molecule has 74 valence electrons. The van der Waals surface area contributed by atoms with Crippen molar-refractivity contribution >= 4 is 23.6 Å². The van der Waals surface area contributed by atoms with Gasteiger partial charge in [-0.3, -0.25) is 9.78 Å². The number of carbonyl (C=O) groups is 1. The highest BCUT2D eigenvalue weighted by atomic mass is 35.5. The van der Waals surface area contributed by atoms with Gasteiger partial charge < -0.3 is 4.90 Å². The van der Waals surface area contributed by atoms with Gasteiger partial charge in [0.25, 0.3) is 0 Å². The molecule has 0 unspecified atom stereocenters. The molecule has 0 atom stereocenters. The lowest BCUT2D eigenvalue weighted by Gasteiger charge is -2.04. The van der Waals surface area contributed by atoms with E-state index in [0.29, 0.717) is 5.02 Å². The summed E-state index contributed by atoms with van der Waals surface area (Å²) in [7, 11) is 3.39. The smallest absolute Gasteiger partial charge is 0.246 e. The lowest BCUT2D eigenvalue weighted by atomic mass is 10.2. The number of likely N-dealkylation sites (N-methyl/N-ethyl adjacent to an activating group) is 1. The molecular weight excluding hydrogens is 200 g/mol. The van der Waals surface area contributed by atoms with Gasteiger partial charge in [-0.15, -0.1) is 0 Å². The van der Waals surface area contributed by atoms with Gasteiger partial charge in [-0.05, 0) is 17.7 Å². The Morgan fingerprint density at radius 2 is 2.21 bits per heavy atom. The Balaban J connectivity index is 2.74. The second-order valence-electron chi connectivity index (χ2n) is 3.00. The summed E-state index contributed by atoms with van der Waals surface area (Å²) >= 11 is 5.73. The number of hydrogen-bond acceptors (Lipinski definition) is 2. The SMILES string of the molecule is CN(C)C(=O)C=Cc1cncc(Cl)c1. The first-order valence-electron chi connectivity index (χ1n) is 4.09. The molecule has 0 radical (unpaired) electrons. The molecule has 0 saturated heterocycles. The van der Waals surface area contributed by atoms with E-state index in [1.807, 2.05) is 0 Å². The van der Waals surface area contributed by atoms with Crippen molar-refractivity contribution in [2.75, 3.05) is 14.1 Å². The number of pyridine rings is 1. The first-order valence-corrected chi connectivity index (χ1v) is 4.47. The number of rotatable bonds is 2. The van der Waals surface area contributed by atoms with Crippen molar-refractivity contribution < 1.29 is 4.79 Å². The minimum Gasteiger partial charge on any atom is -0.345 e. The first kappa shape index (κ1) is 10.7. The van der Waals surface area contributed by atoms with Gasteiger partial charge in [-0.1, -0.05) is 11.6 Å². The van der Waals surface area contributed by atoms with E-state index in [9.17, 15) is 4.79 Å². The van der Waals surface area contributed by atoms with Crippen molar-refractivity contribution in [1.29, 1.82) is 0 Å². The van der Waals surface area contributed by atoms with Crippen LogP contribution in [-0.4, -0.2) is 29.9 Å². The molecule has 0 bridgehead atoms. The first-order chi connectivity index (χ1) is 6.59. The van der Waals surface area contributed by atoms with Gasteiger partial charge in [0.2, 0.25) is 5.91 Å². The summed E-state index contributed by atoms with van der Waals surface area (Å²) in [6.45, 7) is 0. The van der Waals surface area contributed by atoms with Crippen LogP contribution in [0.5, 0.6) is 0 Å². The number of nitrogens with zero attached hydrogens (tertiary/aromatic N) is 2. The van der Waals surface area contributed by atoms with Crippen molar-refractivity contribution in [2.24, 2.45) is 0 Å². The fraction of sp³-hybridized carbons (Fsp3) is 0.200. The Labute approximate surface area is 88.0 Å². The molecule has 0 fully saturated rings. The predicted molar refractivity (Wildman–Crippen MR) is 57.0 cm³/mol. The second kappa shape index (κ2) is 4.77. The lowest BCUT2D eigenvalue weighted by molar-refractivity contribution is -0.123. The Morgan fingerprint density at radius 1 is 1.50 bits per heavy atom. The second-order valence-corrected chi connectivity index (χ2v) is 3.44. The predicted octanol–water partition coefficient (Wildman–Crippen LogP) is 1.84. The molecule has 0 aliphatic rings. The van der Waals surface area contributed by atoms with E-state index in [0.717, 1.165) is 5.56 Å². The Kier molecular flexibility index (Phi) is 3.65. The van der Waals surface area contributed by atoms with Crippen LogP contribution in [0.3, 0.4) is 0 Å². The van der Waals surface area contributed by atoms with Crippen LogP contribution in [0.15, 0.2) is 24.5 Å². The highest BCUT2D eigenvalue weighted by Gasteiger charge is 1.97. The van der Waals surface area contributed by atoms with Crippen LogP contribution in [-0.2, 0) is 4.79 Å². The number of amides is 1. The minimum atomic E-state index is -0.0648. The Morgan fingerprint density at radius 3 is 2.79 bits per heavy atom. The zero-order chi connectivity index (χ0) is 10.6. The highest BCUT2D eigenvalue weighted by Crippen LogP contribution is 2.09. The molecule has 3 nitrogen and oxygen atoms in total. The summed E-state index contributed by atoms with van der Waals surface area (Å²) in [5.74, 6) is -0.0648. The normalized spacial score (nSPS) is 10.5. The van der Waals surface area contributed by atoms with E-state index in [1.54, 1.807) is 38.6 Å². The van der Waals surface area contributed by atoms with Crippen LogP contribution < -0.4 is 0 Å². The van der Waals surface area contributed by atoms with Gasteiger partial charge >= 0.3 is 0 Å². The maximum atomic E-state index is 11.2. The van der Waals surface area contributed by atoms with E-state index < -0.39 is 0 Å². The molecule has 0 aliphatic heterocycles. The molecule has 1 rings (SSSR count). The van der Waals surface area contributed by atoms with Crippen LogP contribution in [0.25, 0.3) is 6.08 Å². The monoisotopic (exact) mass is 210 g/mol. The topological polar surface area (TPSA) is 33.2 Å². The Hall–Kier alpha value is -1.35. The maximum Gasteiger partial charge on any atom is 0.246 e. The summed E-state index contributed by atoms with van der Waals surface area (Å²) in [6.07, 6.45) is 6.35. The lowest BCUT2D eigenvalue weighted by Crippen LogP contribution is -2.18. The van der Waals surface area contributed by atoms with Gasteiger partial charge in [0.05, 0.1) is 5.02 Å². The molecule has 0 aromatic carbocycles. The van der Waals surface area contributed by atoms with Gasteiger partial charge in [0.1, 0.15) is 0 Å². The standard InChI is InChI=1S/C10H11ClN2O/c1-13(2)10(14)4-3-8-5-9(11)7-12-6-8/h3-7H,1-2H3. The zero-order valence-electron chi connectivity index (χ0n) is 8.07. The van der Waals surface area contributed by atoms with Crippen LogP contribution in [0.4, 0.5) is 0 Å². The van der Waals surface area contributed by atoms with E-state index in [4.69, 9.17) is 11.6 Å². The van der Waals surface area contributed by atoms with Gasteiger partial charge in [-0.25, -0.2) is 0 Å². The average molecular weight is 211 g/mol. The third kappa shape index (κ3) is 3.18. The quantitative estimate of drug-likeness (QED) is 0.698. The number of carbonyl (C=O) groups excluding carboxylic acids is 1. The van der Waals surface area contributed by atoms with Crippen LogP contribution in [0.1, 0.15) is 5.56 Å². The summed E-state index contributed by atoms with van der Waals surface area (Å²) in [6, 6.07) is 1.74. The summed E-state index contributed by atoms with van der Waals surface area (Å²) < 4.78 is 0. The molecule has 0 N–H and O–H groups in total. The summed E-state index contributed by atoms with van der Waals surface area (Å²) in [5.41, 5.74) is 0.813. The van der Waals surface area contributed by atoms with Gasteiger partial charge in [-0.2, -0.15) is 0 Å². The van der Waals surface area contributed by atoms with Gasteiger partial charge in [0, 0.05) is 32.6 Å². The third-order valence-electron chi connectivity index (χ3n) is 1.59. The van der Waals surface area contributed by atoms with E-state index in [2.05, 4.69) is 4.98 Å². The van der Waals surface area contributed by atoms with E-state index in [-0.39, 0.29) is 5.91 Å². The third-order valence-corrected chi connectivity index (χ3v) is 1.79. The Bertz CT molecular complexity index is 361. The fourth-order valence-electron chi connectivity index (χ4n) is 0.836. The van der Waals surface area contributed by atoms with Crippen molar-refractivity contribution in [2.45, 2.75) is 0 Å². The molecule has 1 heterocycles. The zero-order valence-corrected chi connectivity index (χ0v) is 8.82. The average Bonchev–Trinajstić information content (AvgIpc) is 2.14. The molecule has 0 spiro atoms. The number of halogens is 1. The molecule has 4 heteroatoms. The van der Waals surface area contributed by atoms with E-state index in [1.165, 1.54) is 11.0 Å². The molecule has 0 aliphatic carbocycles. The number of aromatic nitrogens is 1. The molecular formula is C10H11ClN2O. The van der Waals surface area contributed by atoms with Crippen LogP contribution >= 0.6 is 11.6 Å². The molecule has 1 aromatic heterocycles. The highest BCUT2D eigenvalue weighted by molar-refractivity contribution is 6.30. The maximum absolute atomic E-state index is 11.2. The molecule has 0 saturated carbocycles. The van der Waals surface area contributed by atoms with Crippen molar-refractivity contribution in [1.82, 2.24) is 9.88 Å². The van der Waals surface area contributed by atoms with Gasteiger partial charge in [0.15, 0.2) is 0 Å². The minimum absolute atomic E-state index is 0.0648. The largest absolute Gasteiger partial charge is 0.345 e. The van der Waals surface area contributed by atoms with Crippen molar-refractivity contribution in [3.05, 3.63) is 35.1 Å².